The summed E-state index contributed by atoms with van der Waals surface area (Å²) in [6, 6.07) is 11.5. The van der Waals surface area contributed by atoms with Crippen molar-refractivity contribution in [2.24, 2.45) is 11.3 Å². The van der Waals surface area contributed by atoms with Crippen LogP contribution in [0.15, 0.2) is 36.4 Å². The van der Waals surface area contributed by atoms with E-state index in [-0.39, 0.29) is 5.78 Å². The van der Waals surface area contributed by atoms with Crippen molar-refractivity contribution in [2.75, 3.05) is 5.73 Å². The molecule has 0 fully saturated rings. The average molecular weight is 365 g/mol. The Balaban J connectivity index is 1.76. The summed E-state index contributed by atoms with van der Waals surface area (Å²) in [7, 11) is 0. The van der Waals surface area contributed by atoms with E-state index in [0.29, 0.717) is 27.5 Å². The van der Waals surface area contributed by atoms with Crippen LogP contribution in [0.2, 0.25) is 0 Å². The van der Waals surface area contributed by atoms with Gasteiger partial charge in [0, 0.05) is 16.6 Å². The number of anilines is 1. The van der Waals surface area contributed by atoms with Crippen LogP contribution in [0.1, 0.15) is 53.7 Å². The molecule has 0 saturated carbocycles. The zero-order valence-corrected chi connectivity index (χ0v) is 16.3. The van der Waals surface area contributed by atoms with Crippen LogP contribution in [-0.2, 0) is 12.8 Å². The number of aryl methyl sites for hydroxylation is 1. The van der Waals surface area contributed by atoms with Crippen LogP contribution in [0.3, 0.4) is 0 Å². The van der Waals surface area contributed by atoms with Crippen LogP contribution in [0.25, 0.3) is 10.2 Å². The number of carbonyl (C=O) groups is 1. The summed E-state index contributed by atoms with van der Waals surface area (Å²) in [5.41, 5.74) is 10.4. The van der Waals surface area contributed by atoms with Gasteiger partial charge in [0.05, 0.1) is 5.69 Å². The second-order valence-corrected chi connectivity index (χ2v) is 9.29. The number of nitrogen functional groups attached to an aromatic ring is 1. The van der Waals surface area contributed by atoms with Gasteiger partial charge in [0.15, 0.2) is 0 Å². The van der Waals surface area contributed by atoms with Gasteiger partial charge in [0.2, 0.25) is 5.78 Å². The minimum atomic E-state index is -0.0170. The second kappa shape index (κ2) is 6.20. The zero-order valence-electron chi connectivity index (χ0n) is 15.5. The number of fused-ring (bicyclic) bond motifs is 2. The molecule has 2 N–H and O–H groups in total. The number of benzene rings is 1. The summed E-state index contributed by atoms with van der Waals surface area (Å²) in [5.74, 6) is 0.635. The first-order chi connectivity index (χ1) is 12.3. The van der Waals surface area contributed by atoms with Crippen molar-refractivity contribution in [2.45, 2.75) is 40.0 Å². The van der Waals surface area contributed by atoms with E-state index in [1.807, 2.05) is 30.3 Å². The first-order valence-corrected chi connectivity index (χ1v) is 9.97. The topological polar surface area (TPSA) is 56.0 Å². The molecule has 3 nitrogen and oxygen atoms in total. The Morgan fingerprint density at radius 3 is 2.65 bits per heavy atom. The quantitative estimate of drug-likeness (QED) is 0.631. The van der Waals surface area contributed by atoms with E-state index in [4.69, 9.17) is 10.7 Å². The number of aromatic nitrogens is 1. The Morgan fingerprint density at radius 1 is 1.23 bits per heavy atom. The van der Waals surface area contributed by atoms with Gasteiger partial charge in [-0.2, -0.15) is 0 Å². The Bertz CT molecular complexity index is 983. The molecule has 0 amide bonds. The summed E-state index contributed by atoms with van der Waals surface area (Å²) >= 11 is 1.42. The second-order valence-electron chi connectivity index (χ2n) is 8.29. The fraction of sp³-hybridized carbons (Fsp3) is 0.364. The van der Waals surface area contributed by atoms with Crippen molar-refractivity contribution >= 4 is 33.0 Å². The normalized spacial score (nSPS) is 17.3. The van der Waals surface area contributed by atoms with Crippen molar-refractivity contribution < 1.29 is 4.79 Å². The van der Waals surface area contributed by atoms with Crippen LogP contribution >= 0.6 is 11.3 Å². The minimum Gasteiger partial charge on any atom is -0.397 e. The molecule has 2 heterocycles. The van der Waals surface area contributed by atoms with E-state index < -0.39 is 0 Å². The minimum absolute atomic E-state index is 0.0170. The van der Waals surface area contributed by atoms with Crippen molar-refractivity contribution in [3.63, 3.8) is 0 Å². The summed E-state index contributed by atoms with van der Waals surface area (Å²) in [6.45, 7) is 6.93. The molecule has 1 aromatic carbocycles. The van der Waals surface area contributed by atoms with E-state index in [9.17, 15) is 4.79 Å². The predicted octanol–water partition coefficient (Wildman–Crippen LogP) is 5.26. The fourth-order valence-corrected chi connectivity index (χ4v) is 4.88. The van der Waals surface area contributed by atoms with Gasteiger partial charge in [-0.25, -0.2) is 4.98 Å². The van der Waals surface area contributed by atoms with E-state index in [0.717, 1.165) is 23.1 Å². The molecule has 1 atom stereocenters. The molecule has 0 spiro atoms. The Hall–Kier alpha value is -2.20. The highest BCUT2D eigenvalue weighted by Crippen LogP contribution is 2.40. The predicted molar refractivity (Wildman–Crippen MR) is 109 cm³/mol. The number of nitrogens with zero attached hydrogens (tertiary/aromatic N) is 1. The highest BCUT2D eigenvalue weighted by molar-refractivity contribution is 7.21. The van der Waals surface area contributed by atoms with Crippen molar-refractivity contribution in [1.82, 2.24) is 4.98 Å². The monoisotopic (exact) mass is 364 g/mol. The molecule has 0 aliphatic heterocycles. The number of carbonyl (C=O) groups excluding carboxylic acids is 1. The van der Waals surface area contributed by atoms with Crippen LogP contribution in [0.5, 0.6) is 0 Å². The largest absolute Gasteiger partial charge is 0.397 e. The first-order valence-electron chi connectivity index (χ1n) is 9.15. The van der Waals surface area contributed by atoms with Crippen molar-refractivity contribution in [3.8, 4) is 0 Å². The lowest BCUT2D eigenvalue weighted by molar-refractivity contribution is 0.104. The average Bonchev–Trinajstić information content (AvgIpc) is 2.94. The van der Waals surface area contributed by atoms with Crippen LogP contribution in [0, 0.1) is 11.3 Å². The molecule has 2 aromatic heterocycles. The number of ketones is 1. The number of pyridine rings is 1. The number of rotatable bonds is 2. The Kier molecular flexibility index (Phi) is 4.11. The molecule has 0 unspecified atom stereocenters. The molecule has 134 valence electrons. The molecular weight excluding hydrogens is 340 g/mol. The van der Waals surface area contributed by atoms with E-state index >= 15 is 0 Å². The SMILES string of the molecule is CC(C)(C)[C@@H]1CCc2nc3sc(C(=O)c4ccccc4)c(N)c3cc2C1. The molecule has 1 aliphatic rings. The summed E-state index contributed by atoms with van der Waals surface area (Å²) in [5, 5.41) is 0.933. The number of hydrogen-bond donors (Lipinski definition) is 1. The highest BCUT2D eigenvalue weighted by atomic mass is 32.1. The molecule has 0 radical (unpaired) electrons. The van der Waals surface area contributed by atoms with Gasteiger partial charge >= 0.3 is 0 Å². The highest BCUT2D eigenvalue weighted by Gasteiger charge is 2.30. The van der Waals surface area contributed by atoms with E-state index in [1.54, 1.807) is 0 Å². The number of thiophene rings is 1. The third-order valence-corrected chi connectivity index (χ3v) is 6.67. The van der Waals surface area contributed by atoms with Gasteiger partial charge in [-0.3, -0.25) is 4.79 Å². The Labute approximate surface area is 158 Å². The molecule has 4 rings (SSSR count). The third kappa shape index (κ3) is 2.92. The molecule has 3 aromatic rings. The summed E-state index contributed by atoms with van der Waals surface area (Å²) in [6.07, 6.45) is 3.22. The smallest absolute Gasteiger partial charge is 0.205 e. The Morgan fingerprint density at radius 2 is 1.96 bits per heavy atom. The van der Waals surface area contributed by atoms with Crippen molar-refractivity contribution in [1.29, 1.82) is 0 Å². The maximum absolute atomic E-state index is 12.8. The first kappa shape index (κ1) is 17.2. The van der Waals surface area contributed by atoms with Crippen LogP contribution in [0.4, 0.5) is 5.69 Å². The van der Waals surface area contributed by atoms with Gasteiger partial charge in [-0.15, -0.1) is 11.3 Å². The van der Waals surface area contributed by atoms with E-state index in [1.165, 1.54) is 29.0 Å². The van der Waals surface area contributed by atoms with Gasteiger partial charge in [0.25, 0.3) is 0 Å². The van der Waals surface area contributed by atoms with E-state index in [2.05, 4.69) is 26.8 Å². The lowest BCUT2D eigenvalue weighted by Gasteiger charge is -2.34. The lowest BCUT2D eigenvalue weighted by atomic mass is 9.71. The number of nitrogens with two attached hydrogens (primary N) is 1. The molecule has 0 bridgehead atoms. The zero-order chi connectivity index (χ0) is 18.5. The molecular formula is C22H24N2OS. The standard InChI is InChI=1S/C22H24N2OS/c1-22(2,3)15-9-10-17-14(11-15)12-16-18(23)20(26-21(16)24-17)19(25)13-7-5-4-6-8-13/h4-8,12,15H,9-11,23H2,1-3H3/t15-/m1/s1. The molecule has 0 saturated heterocycles. The molecule has 26 heavy (non-hydrogen) atoms. The van der Waals surface area contributed by atoms with Gasteiger partial charge in [-0.1, -0.05) is 51.1 Å². The lowest BCUT2D eigenvalue weighted by Crippen LogP contribution is -2.27. The summed E-state index contributed by atoms with van der Waals surface area (Å²) < 4.78 is 0. The van der Waals surface area contributed by atoms with Crippen molar-refractivity contribution in [3.05, 3.63) is 58.1 Å². The van der Waals surface area contributed by atoms with Crippen LogP contribution in [-0.4, -0.2) is 10.8 Å². The van der Waals surface area contributed by atoms with Gasteiger partial charge in [-0.05, 0) is 42.2 Å². The third-order valence-electron chi connectivity index (χ3n) is 5.55. The van der Waals surface area contributed by atoms with Gasteiger partial charge in [0.1, 0.15) is 9.71 Å². The van der Waals surface area contributed by atoms with Crippen LogP contribution < -0.4 is 5.73 Å². The molecule has 1 aliphatic carbocycles. The maximum Gasteiger partial charge on any atom is 0.205 e. The summed E-state index contributed by atoms with van der Waals surface area (Å²) in [4.78, 5) is 19.2. The number of hydrogen-bond acceptors (Lipinski definition) is 4. The molecule has 4 heteroatoms. The fourth-order valence-electron chi connectivity index (χ4n) is 3.82. The van der Waals surface area contributed by atoms with Gasteiger partial charge < -0.3 is 5.73 Å². The maximum atomic E-state index is 12.8.